The van der Waals surface area contributed by atoms with Crippen LogP contribution in [0.5, 0.6) is 5.75 Å². The summed E-state index contributed by atoms with van der Waals surface area (Å²) in [4.78, 5) is 3.13. The minimum Gasteiger partial charge on any atom is -0.489 e. The van der Waals surface area contributed by atoms with Crippen LogP contribution < -0.4 is 4.74 Å². The van der Waals surface area contributed by atoms with Gasteiger partial charge in [0.2, 0.25) is 0 Å². The van der Waals surface area contributed by atoms with Crippen molar-refractivity contribution < 1.29 is 9.84 Å². The lowest BCUT2D eigenvalue weighted by molar-refractivity contribution is 0.213. The Labute approximate surface area is 144 Å². The van der Waals surface area contributed by atoms with Crippen LogP contribution in [0.15, 0.2) is 55.3 Å². The monoisotopic (exact) mass is 347 g/mol. The quantitative estimate of drug-likeness (QED) is 0.629. The van der Waals surface area contributed by atoms with Gasteiger partial charge in [0, 0.05) is 17.3 Å². The van der Waals surface area contributed by atoms with Crippen molar-refractivity contribution in [2.45, 2.75) is 6.10 Å². The summed E-state index contributed by atoms with van der Waals surface area (Å²) >= 11 is 12.4. The Kier molecular flexibility index (Phi) is 4.62. The predicted octanol–water partition coefficient (Wildman–Crippen LogP) is 5.12. The first kappa shape index (κ1) is 15.9. The Morgan fingerprint density at radius 1 is 1.22 bits per heavy atom. The first-order chi connectivity index (χ1) is 11.1. The largest absolute Gasteiger partial charge is 0.489 e. The number of aliphatic hydroxyl groups is 1. The maximum absolute atomic E-state index is 10.8. The Balaban J connectivity index is 2.07. The highest BCUT2D eigenvalue weighted by Gasteiger charge is 2.21. The fraction of sp³-hybridized carbons (Fsp3) is 0.111. The van der Waals surface area contributed by atoms with E-state index in [1.54, 1.807) is 18.2 Å². The van der Waals surface area contributed by atoms with Crippen molar-refractivity contribution in [3.63, 3.8) is 0 Å². The molecule has 0 aliphatic rings. The molecule has 3 nitrogen and oxygen atoms in total. The van der Waals surface area contributed by atoms with Crippen LogP contribution in [0.4, 0.5) is 0 Å². The molecule has 1 aromatic heterocycles. The van der Waals surface area contributed by atoms with E-state index in [0.29, 0.717) is 28.5 Å². The molecule has 0 aliphatic heterocycles. The van der Waals surface area contributed by atoms with Gasteiger partial charge in [-0.1, -0.05) is 48.0 Å². The maximum atomic E-state index is 10.8. The smallest absolute Gasteiger partial charge is 0.127 e. The molecule has 0 saturated heterocycles. The molecular formula is C18H15Cl2NO2. The molecular weight excluding hydrogens is 333 g/mol. The van der Waals surface area contributed by atoms with Gasteiger partial charge < -0.3 is 14.8 Å². The Morgan fingerprint density at radius 2 is 2.04 bits per heavy atom. The summed E-state index contributed by atoms with van der Waals surface area (Å²) in [5.41, 5.74) is 2.09. The van der Waals surface area contributed by atoms with E-state index < -0.39 is 6.10 Å². The number of aliphatic hydroxyl groups excluding tert-OH is 1. The number of aromatic nitrogens is 1. The zero-order valence-corrected chi connectivity index (χ0v) is 13.7. The standard InChI is InChI=1S/C18H15Cl2NO2/c1-2-9-23-15-6-5-13(19)17(20)16(15)18(22)12-4-3-11-7-8-21-14(11)10-12/h2-8,10,18,21-22H,1,9H2. The summed E-state index contributed by atoms with van der Waals surface area (Å²) in [6.45, 7) is 3.94. The molecule has 1 unspecified atom stereocenters. The number of halogens is 2. The summed E-state index contributed by atoms with van der Waals surface area (Å²) in [7, 11) is 0. The van der Waals surface area contributed by atoms with Crippen LogP contribution in [-0.4, -0.2) is 16.7 Å². The van der Waals surface area contributed by atoms with Gasteiger partial charge in [-0.25, -0.2) is 0 Å². The van der Waals surface area contributed by atoms with E-state index in [-0.39, 0.29) is 5.02 Å². The Hall–Kier alpha value is -1.94. The average molecular weight is 348 g/mol. The second kappa shape index (κ2) is 6.67. The van der Waals surface area contributed by atoms with Crippen molar-refractivity contribution in [1.29, 1.82) is 0 Å². The molecule has 3 aromatic rings. The van der Waals surface area contributed by atoms with E-state index in [0.717, 1.165) is 10.9 Å². The molecule has 0 radical (unpaired) electrons. The van der Waals surface area contributed by atoms with Crippen LogP contribution >= 0.6 is 23.2 Å². The van der Waals surface area contributed by atoms with Gasteiger partial charge in [0.1, 0.15) is 18.5 Å². The maximum Gasteiger partial charge on any atom is 0.127 e. The molecule has 0 aliphatic carbocycles. The lowest BCUT2D eigenvalue weighted by Crippen LogP contribution is -2.05. The molecule has 0 amide bonds. The van der Waals surface area contributed by atoms with Crippen molar-refractivity contribution in [2.24, 2.45) is 0 Å². The number of hydrogen-bond acceptors (Lipinski definition) is 2. The third kappa shape index (κ3) is 3.08. The van der Waals surface area contributed by atoms with E-state index in [4.69, 9.17) is 27.9 Å². The van der Waals surface area contributed by atoms with Crippen LogP contribution in [0.1, 0.15) is 17.2 Å². The van der Waals surface area contributed by atoms with Gasteiger partial charge in [0.15, 0.2) is 0 Å². The van der Waals surface area contributed by atoms with E-state index >= 15 is 0 Å². The first-order valence-corrected chi connectivity index (χ1v) is 7.84. The molecule has 1 atom stereocenters. The summed E-state index contributed by atoms with van der Waals surface area (Å²) in [6.07, 6.45) is 2.53. The summed E-state index contributed by atoms with van der Waals surface area (Å²) in [5.74, 6) is 0.485. The van der Waals surface area contributed by atoms with Crippen LogP contribution in [0, 0.1) is 0 Å². The summed E-state index contributed by atoms with van der Waals surface area (Å²) in [5, 5.41) is 12.5. The molecule has 5 heteroatoms. The second-order valence-electron chi connectivity index (χ2n) is 5.10. The molecule has 3 rings (SSSR count). The van der Waals surface area contributed by atoms with Gasteiger partial charge in [-0.15, -0.1) is 0 Å². The highest BCUT2D eigenvalue weighted by Crippen LogP contribution is 2.40. The minimum absolute atomic E-state index is 0.285. The summed E-state index contributed by atoms with van der Waals surface area (Å²) in [6, 6.07) is 11.0. The molecule has 2 aromatic carbocycles. The van der Waals surface area contributed by atoms with Gasteiger partial charge >= 0.3 is 0 Å². The molecule has 23 heavy (non-hydrogen) atoms. The number of nitrogens with one attached hydrogen (secondary N) is 1. The number of fused-ring (bicyclic) bond motifs is 1. The number of rotatable bonds is 5. The lowest BCUT2D eigenvalue weighted by atomic mass is 9.99. The number of ether oxygens (including phenoxy) is 1. The number of aromatic amines is 1. The average Bonchev–Trinajstić information content (AvgIpc) is 3.03. The van der Waals surface area contributed by atoms with Crippen LogP contribution in [0.25, 0.3) is 10.9 Å². The minimum atomic E-state index is -0.950. The first-order valence-electron chi connectivity index (χ1n) is 7.08. The van der Waals surface area contributed by atoms with Gasteiger partial charge in [-0.3, -0.25) is 0 Å². The molecule has 0 spiro atoms. The molecule has 2 N–H and O–H groups in total. The fourth-order valence-corrected chi connectivity index (χ4v) is 2.90. The lowest BCUT2D eigenvalue weighted by Gasteiger charge is -2.18. The molecule has 1 heterocycles. The topological polar surface area (TPSA) is 45.2 Å². The Morgan fingerprint density at radius 3 is 2.83 bits per heavy atom. The van der Waals surface area contributed by atoms with Gasteiger partial charge in [-0.05, 0) is 35.2 Å². The van der Waals surface area contributed by atoms with E-state index in [1.807, 2.05) is 30.5 Å². The van der Waals surface area contributed by atoms with E-state index in [9.17, 15) is 5.11 Å². The van der Waals surface area contributed by atoms with Gasteiger partial charge in [0.05, 0.1) is 10.0 Å². The van der Waals surface area contributed by atoms with Gasteiger partial charge in [-0.2, -0.15) is 0 Å². The van der Waals surface area contributed by atoms with Gasteiger partial charge in [0.25, 0.3) is 0 Å². The molecule has 118 valence electrons. The van der Waals surface area contributed by atoms with E-state index in [1.165, 1.54) is 0 Å². The summed E-state index contributed by atoms with van der Waals surface area (Å²) < 4.78 is 5.61. The highest BCUT2D eigenvalue weighted by molar-refractivity contribution is 6.42. The zero-order valence-electron chi connectivity index (χ0n) is 12.2. The third-order valence-electron chi connectivity index (χ3n) is 3.62. The SMILES string of the molecule is C=CCOc1ccc(Cl)c(Cl)c1C(O)c1ccc2cc[nH]c2c1. The van der Waals surface area contributed by atoms with Crippen LogP contribution in [0.2, 0.25) is 10.0 Å². The van der Waals surface area contributed by atoms with Crippen molar-refractivity contribution in [2.75, 3.05) is 6.61 Å². The second-order valence-corrected chi connectivity index (χ2v) is 5.88. The molecule has 0 saturated carbocycles. The highest BCUT2D eigenvalue weighted by atomic mass is 35.5. The van der Waals surface area contributed by atoms with Crippen molar-refractivity contribution in [3.8, 4) is 5.75 Å². The zero-order chi connectivity index (χ0) is 16.4. The van der Waals surface area contributed by atoms with Crippen molar-refractivity contribution >= 4 is 34.1 Å². The molecule has 0 fully saturated rings. The number of benzene rings is 2. The van der Waals surface area contributed by atoms with Crippen molar-refractivity contribution in [1.82, 2.24) is 4.98 Å². The number of H-pyrrole nitrogens is 1. The van der Waals surface area contributed by atoms with Crippen LogP contribution in [-0.2, 0) is 0 Å². The Bertz CT molecular complexity index is 857. The molecule has 0 bridgehead atoms. The predicted molar refractivity (Wildman–Crippen MR) is 94.5 cm³/mol. The normalized spacial score (nSPS) is 12.3. The third-order valence-corrected chi connectivity index (χ3v) is 4.44. The van der Waals surface area contributed by atoms with Crippen LogP contribution in [0.3, 0.4) is 0 Å². The number of hydrogen-bond donors (Lipinski definition) is 2. The van der Waals surface area contributed by atoms with Crippen molar-refractivity contribution in [3.05, 3.63) is 76.4 Å². The fourth-order valence-electron chi connectivity index (χ4n) is 2.48. The van der Waals surface area contributed by atoms with E-state index in [2.05, 4.69) is 11.6 Å².